The van der Waals surface area contributed by atoms with Gasteiger partial charge in [-0.25, -0.2) is 0 Å². The molecule has 3 N–H and O–H groups in total. The van der Waals surface area contributed by atoms with E-state index in [0.29, 0.717) is 11.5 Å². The first-order valence-electron chi connectivity index (χ1n) is 6.07. The van der Waals surface area contributed by atoms with E-state index in [0.717, 1.165) is 0 Å². The molecule has 1 aromatic heterocycles. The number of nitrogens with two attached hydrogens (primary N) is 1. The van der Waals surface area contributed by atoms with Gasteiger partial charge in [0.1, 0.15) is 18.1 Å². The lowest BCUT2D eigenvalue weighted by Crippen LogP contribution is -2.41. The molecule has 0 saturated carbocycles. The minimum absolute atomic E-state index is 0.143. The van der Waals surface area contributed by atoms with Crippen LogP contribution in [0.1, 0.15) is 45.2 Å². The smallest absolute Gasteiger partial charge is 0.463 e. The molecule has 100 valence electrons. The molecule has 2 rings (SSSR count). The molecule has 1 atom stereocenters. The third kappa shape index (κ3) is 2.21. The Morgan fingerprint density at radius 2 is 1.78 bits per heavy atom. The van der Waals surface area contributed by atoms with Gasteiger partial charge in [0.05, 0.1) is 17.1 Å². The van der Waals surface area contributed by atoms with Gasteiger partial charge in [-0.15, -0.1) is 0 Å². The Kier molecular flexibility index (Phi) is 3.31. The monoisotopic (exact) mass is 253 g/mol. The van der Waals surface area contributed by atoms with E-state index < -0.39 is 24.3 Å². The van der Waals surface area contributed by atoms with Crippen molar-refractivity contribution in [3.8, 4) is 0 Å². The Bertz CT molecular complexity index is 413. The Morgan fingerprint density at radius 1 is 1.22 bits per heavy atom. The Balaban J connectivity index is 2.14. The molecule has 1 saturated heterocycles. The first kappa shape index (κ1) is 13.6. The van der Waals surface area contributed by atoms with E-state index in [1.807, 2.05) is 27.7 Å². The van der Waals surface area contributed by atoms with Crippen LogP contribution in [0.4, 0.5) is 0 Å². The molecule has 1 aromatic rings. The van der Waals surface area contributed by atoms with Crippen molar-refractivity contribution >= 4 is 7.12 Å². The molecule has 1 aliphatic heterocycles. The molecule has 0 amide bonds. The van der Waals surface area contributed by atoms with E-state index in [9.17, 15) is 0 Å². The number of hydrogen-bond donors (Lipinski definition) is 2. The van der Waals surface area contributed by atoms with E-state index in [2.05, 4.69) is 0 Å². The second-order valence-corrected chi connectivity index (χ2v) is 5.61. The fourth-order valence-corrected chi connectivity index (χ4v) is 1.83. The zero-order valence-corrected chi connectivity index (χ0v) is 11.3. The highest BCUT2D eigenvalue weighted by Crippen LogP contribution is 2.39. The molecular formula is C12H20BNO4. The summed E-state index contributed by atoms with van der Waals surface area (Å²) in [6.45, 7) is 7.75. The molecule has 1 aliphatic rings. The van der Waals surface area contributed by atoms with Crippen LogP contribution in [0.2, 0.25) is 0 Å². The molecule has 2 heterocycles. The number of rotatable bonds is 3. The lowest BCUT2D eigenvalue weighted by Gasteiger charge is -2.32. The lowest BCUT2D eigenvalue weighted by atomic mass is 9.77. The van der Waals surface area contributed by atoms with Crippen molar-refractivity contribution in [3.63, 3.8) is 0 Å². The maximum absolute atomic E-state index is 8.97. The van der Waals surface area contributed by atoms with E-state index in [-0.39, 0.29) is 6.61 Å². The normalized spacial score (nSPS) is 23.3. The second kappa shape index (κ2) is 4.38. The summed E-state index contributed by atoms with van der Waals surface area (Å²) in [5.74, 6) is 0.529. The van der Waals surface area contributed by atoms with Gasteiger partial charge in [0.25, 0.3) is 0 Å². The highest BCUT2D eigenvalue weighted by molar-refractivity contribution is 6.47. The van der Waals surface area contributed by atoms with Crippen LogP contribution < -0.4 is 5.73 Å². The molecule has 0 bridgehead atoms. The minimum Gasteiger partial charge on any atom is -0.463 e. The highest BCUT2D eigenvalue weighted by Gasteiger charge is 2.53. The molecule has 18 heavy (non-hydrogen) atoms. The van der Waals surface area contributed by atoms with Crippen LogP contribution >= 0.6 is 0 Å². The van der Waals surface area contributed by atoms with Gasteiger partial charge in [0, 0.05) is 0 Å². The summed E-state index contributed by atoms with van der Waals surface area (Å²) in [4.78, 5) is 0. The third-order valence-corrected chi connectivity index (χ3v) is 3.73. The standard InChI is InChI=1S/C12H20BNO4/c1-11(2)12(3,4)18-13(17-11)10(14)9-6-5-8(7-15)16-9/h5-6,10,15H,7,14H2,1-4H3/t10-/m0/s1. The van der Waals surface area contributed by atoms with Crippen LogP contribution in [-0.4, -0.2) is 23.4 Å². The number of aliphatic hydroxyl groups is 1. The van der Waals surface area contributed by atoms with Gasteiger partial charge >= 0.3 is 7.12 Å². The van der Waals surface area contributed by atoms with Crippen LogP contribution in [0.3, 0.4) is 0 Å². The second-order valence-electron chi connectivity index (χ2n) is 5.61. The third-order valence-electron chi connectivity index (χ3n) is 3.73. The van der Waals surface area contributed by atoms with Crippen LogP contribution in [0, 0.1) is 0 Å². The van der Waals surface area contributed by atoms with Crippen molar-refractivity contribution in [2.24, 2.45) is 5.73 Å². The quantitative estimate of drug-likeness (QED) is 0.796. The van der Waals surface area contributed by atoms with Crippen molar-refractivity contribution in [2.75, 3.05) is 0 Å². The average molecular weight is 253 g/mol. The predicted molar refractivity (Wildman–Crippen MR) is 67.6 cm³/mol. The summed E-state index contributed by atoms with van der Waals surface area (Å²) in [5.41, 5.74) is 5.26. The van der Waals surface area contributed by atoms with E-state index in [1.54, 1.807) is 12.1 Å². The topological polar surface area (TPSA) is 77.9 Å². The molecule has 0 spiro atoms. The Hall–Kier alpha value is -0.815. The van der Waals surface area contributed by atoms with Gasteiger partial charge in [0.15, 0.2) is 0 Å². The summed E-state index contributed by atoms with van der Waals surface area (Å²) in [6.07, 6.45) is 0. The van der Waals surface area contributed by atoms with Crippen LogP contribution in [0.15, 0.2) is 16.5 Å². The van der Waals surface area contributed by atoms with Gasteiger partial charge in [-0.2, -0.15) is 0 Å². The van der Waals surface area contributed by atoms with Crippen molar-refractivity contribution in [3.05, 3.63) is 23.7 Å². The van der Waals surface area contributed by atoms with Crippen molar-refractivity contribution in [1.29, 1.82) is 0 Å². The fourth-order valence-electron chi connectivity index (χ4n) is 1.83. The summed E-state index contributed by atoms with van der Waals surface area (Å²) < 4.78 is 17.1. The van der Waals surface area contributed by atoms with Crippen LogP contribution in [0.25, 0.3) is 0 Å². The van der Waals surface area contributed by atoms with Gasteiger partial charge in [-0.3, -0.25) is 0 Å². The van der Waals surface area contributed by atoms with Gasteiger partial charge in [0.2, 0.25) is 0 Å². The van der Waals surface area contributed by atoms with E-state index >= 15 is 0 Å². The van der Waals surface area contributed by atoms with Gasteiger partial charge in [-0.05, 0) is 39.8 Å². The molecule has 0 aromatic carbocycles. The van der Waals surface area contributed by atoms with Crippen molar-refractivity contribution in [1.82, 2.24) is 0 Å². The number of aliphatic hydroxyl groups excluding tert-OH is 1. The van der Waals surface area contributed by atoms with Crippen LogP contribution in [0.5, 0.6) is 0 Å². The maximum Gasteiger partial charge on any atom is 0.483 e. The summed E-state index contributed by atoms with van der Waals surface area (Å²) >= 11 is 0. The zero-order valence-electron chi connectivity index (χ0n) is 11.3. The zero-order chi connectivity index (χ0) is 13.6. The molecule has 0 aliphatic carbocycles. The maximum atomic E-state index is 8.97. The van der Waals surface area contributed by atoms with E-state index in [4.69, 9.17) is 24.6 Å². The first-order valence-corrected chi connectivity index (χ1v) is 6.07. The van der Waals surface area contributed by atoms with Crippen LogP contribution in [-0.2, 0) is 15.9 Å². The van der Waals surface area contributed by atoms with Gasteiger partial charge < -0.3 is 24.6 Å². The molecule has 6 heteroatoms. The van der Waals surface area contributed by atoms with Crippen molar-refractivity contribution in [2.45, 2.75) is 51.4 Å². The van der Waals surface area contributed by atoms with Crippen molar-refractivity contribution < 1.29 is 18.8 Å². The summed E-state index contributed by atoms with van der Waals surface area (Å²) in [6, 6.07) is 3.43. The minimum atomic E-state index is -0.548. The molecular weight excluding hydrogens is 233 g/mol. The highest BCUT2D eigenvalue weighted by atomic mass is 16.7. The summed E-state index contributed by atoms with van der Waals surface area (Å²) in [7, 11) is -0.548. The fraction of sp³-hybridized carbons (Fsp3) is 0.667. The Morgan fingerprint density at radius 3 is 2.22 bits per heavy atom. The van der Waals surface area contributed by atoms with E-state index in [1.165, 1.54) is 0 Å². The van der Waals surface area contributed by atoms with Gasteiger partial charge in [-0.1, -0.05) is 0 Å². The molecule has 0 radical (unpaired) electrons. The molecule has 5 nitrogen and oxygen atoms in total. The first-order chi connectivity index (χ1) is 8.27. The molecule has 0 unspecified atom stereocenters. The predicted octanol–water partition coefficient (Wildman–Crippen LogP) is 1.40. The molecule has 1 fully saturated rings. The lowest BCUT2D eigenvalue weighted by molar-refractivity contribution is 0.00578. The Labute approximate surface area is 107 Å². The average Bonchev–Trinajstić information content (AvgIpc) is 2.81. The SMILES string of the molecule is CC1(C)OB([C@@H](N)c2ccc(CO)o2)OC1(C)C. The largest absolute Gasteiger partial charge is 0.483 e. The number of furan rings is 1. The summed E-state index contributed by atoms with van der Waals surface area (Å²) in [5, 5.41) is 8.97. The number of hydrogen-bond acceptors (Lipinski definition) is 5.